The maximum atomic E-state index is 13.4. The highest BCUT2D eigenvalue weighted by Gasteiger charge is 2.71. The monoisotopic (exact) mass is 438 g/mol. The topological polar surface area (TPSA) is 70.6 Å². The predicted molar refractivity (Wildman–Crippen MR) is 108 cm³/mol. The number of carbonyl (C=O) groups excluding carboxylic acids is 1. The van der Waals surface area contributed by atoms with E-state index in [0.29, 0.717) is 30.8 Å². The number of benzene rings is 2. The van der Waals surface area contributed by atoms with E-state index in [1.807, 2.05) is 24.3 Å². The average Bonchev–Trinajstić information content (AvgIpc) is 2.62. The van der Waals surface area contributed by atoms with Crippen LogP contribution in [0.25, 0.3) is 0 Å². The Morgan fingerprint density at radius 3 is 2.66 bits per heavy atom. The number of halogens is 3. The Morgan fingerprint density at radius 2 is 1.97 bits per heavy atom. The second kappa shape index (κ2) is 7.76. The Kier molecular flexibility index (Phi) is 5.46. The van der Waals surface area contributed by atoms with Gasteiger partial charge < -0.3 is 15.2 Å². The first kappa shape index (κ1) is 20.4. The van der Waals surface area contributed by atoms with Crippen molar-refractivity contribution in [2.24, 2.45) is 5.41 Å². The number of hydrogen-bond acceptors (Lipinski definition) is 4. The third kappa shape index (κ3) is 4.21. The average molecular weight is 439 g/mol. The molecule has 1 atom stereocenters. The van der Waals surface area contributed by atoms with Gasteiger partial charge in [-0.15, -0.1) is 0 Å². The summed E-state index contributed by atoms with van der Waals surface area (Å²) in [5, 5.41) is 17.3. The molecule has 154 valence electrons. The number of aliphatic hydroxyl groups is 1. The highest BCUT2D eigenvalue weighted by atomic mass is 35.5. The van der Waals surface area contributed by atoms with Crippen LogP contribution < -0.4 is 15.4 Å². The van der Waals surface area contributed by atoms with Crippen LogP contribution in [0.5, 0.6) is 5.75 Å². The molecule has 1 amide bonds. The van der Waals surface area contributed by atoms with Crippen molar-refractivity contribution < 1.29 is 19.0 Å². The first-order valence-corrected chi connectivity index (χ1v) is 10.1. The lowest BCUT2D eigenvalue weighted by Crippen LogP contribution is -2.79. The molecule has 0 saturated heterocycles. The molecule has 2 aromatic rings. The van der Waals surface area contributed by atoms with Gasteiger partial charge in [-0.3, -0.25) is 10.1 Å². The van der Waals surface area contributed by atoms with Crippen molar-refractivity contribution >= 4 is 29.1 Å². The summed E-state index contributed by atoms with van der Waals surface area (Å²) in [6.07, 6.45) is 1.50. The van der Waals surface area contributed by atoms with Gasteiger partial charge in [-0.2, -0.15) is 0 Å². The van der Waals surface area contributed by atoms with Crippen LogP contribution in [0.15, 0.2) is 42.5 Å². The summed E-state index contributed by atoms with van der Waals surface area (Å²) in [6.45, 7) is 0.319. The quantitative estimate of drug-likeness (QED) is 0.550. The Balaban J connectivity index is 1.21. The van der Waals surface area contributed by atoms with Crippen LogP contribution >= 0.6 is 23.2 Å². The molecule has 3 saturated carbocycles. The van der Waals surface area contributed by atoms with Crippen molar-refractivity contribution in [3.8, 4) is 5.75 Å². The molecule has 3 fully saturated rings. The lowest BCUT2D eigenvalue weighted by atomic mass is 9.38. The summed E-state index contributed by atoms with van der Waals surface area (Å²) >= 11 is 11.6. The largest absolute Gasteiger partial charge is 0.484 e. The molecule has 8 heteroatoms. The highest BCUT2D eigenvalue weighted by Crippen LogP contribution is 2.68. The smallest absolute Gasteiger partial charge is 0.258 e. The normalized spacial score (nSPS) is 25.5. The number of ether oxygens (including phenoxy) is 1. The Morgan fingerprint density at radius 1 is 1.21 bits per heavy atom. The zero-order chi connectivity index (χ0) is 20.6. The summed E-state index contributed by atoms with van der Waals surface area (Å²) in [5.74, 6) is -0.614. The fraction of sp³-hybridized carbons (Fsp3) is 0.381. The number of carbonyl (C=O) groups is 1. The molecule has 0 aliphatic heterocycles. The maximum Gasteiger partial charge on any atom is 0.258 e. The number of nitrogens with one attached hydrogen (secondary N) is 2. The lowest BCUT2D eigenvalue weighted by molar-refractivity contribution is -0.223. The Bertz CT molecular complexity index is 920. The van der Waals surface area contributed by atoms with Crippen LogP contribution in [0.4, 0.5) is 4.39 Å². The first-order valence-electron chi connectivity index (χ1n) is 9.34. The molecule has 2 aromatic carbocycles. The van der Waals surface area contributed by atoms with Crippen molar-refractivity contribution in [2.45, 2.75) is 37.6 Å². The fourth-order valence-electron chi connectivity index (χ4n) is 4.41. The van der Waals surface area contributed by atoms with Crippen LogP contribution in [-0.4, -0.2) is 29.4 Å². The van der Waals surface area contributed by atoms with E-state index < -0.39 is 12.0 Å². The van der Waals surface area contributed by atoms with Gasteiger partial charge in [0.25, 0.3) is 5.91 Å². The van der Waals surface area contributed by atoms with Gasteiger partial charge in [-0.05, 0) is 49.1 Å². The van der Waals surface area contributed by atoms with Gasteiger partial charge in [-0.25, -0.2) is 4.39 Å². The van der Waals surface area contributed by atoms with E-state index in [4.69, 9.17) is 27.9 Å². The molecule has 5 rings (SSSR count). The molecule has 0 radical (unpaired) electrons. The second-order valence-electron chi connectivity index (χ2n) is 8.00. The van der Waals surface area contributed by atoms with Crippen LogP contribution in [0.2, 0.25) is 10.0 Å². The van der Waals surface area contributed by atoms with E-state index >= 15 is 0 Å². The van der Waals surface area contributed by atoms with Crippen molar-refractivity contribution in [1.82, 2.24) is 10.6 Å². The molecule has 1 unspecified atom stereocenters. The molecular weight excluding hydrogens is 418 g/mol. The molecule has 0 heterocycles. The van der Waals surface area contributed by atoms with Crippen LogP contribution in [0, 0.1) is 11.2 Å². The SMILES string of the molecule is O=C(COc1ccc(Cl)c(F)c1)NC12CC(C(O)NCc3cccc(Cl)c3)(C1)C2. The van der Waals surface area contributed by atoms with Gasteiger partial charge in [-0.1, -0.05) is 35.3 Å². The van der Waals surface area contributed by atoms with Crippen molar-refractivity contribution in [2.75, 3.05) is 6.61 Å². The van der Waals surface area contributed by atoms with Gasteiger partial charge in [0, 0.05) is 28.6 Å². The zero-order valence-corrected chi connectivity index (χ0v) is 17.1. The summed E-state index contributed by atoms with van der Waals surface area (Å²) in [6, 6.07) is 11.5. The minimum Gasteiger partial charge on any atom is -0.484 e. The second-order valence-corrected chi connectivity index (χ2v) is 8.84. The summed E-state index contributed by atoms with van der Waals surface area (Å²) in [4.78, 5) is 12.2. The minimum absolute atomic E-state index is 0.00324. The van der Waals surface area contributed by atoms with Crippen molar-refractivity contribution in [3.63, 3.8) is 0 Å². The summed E-state index contributed by atoms with van der Waals surface area (Å²) in [5.41, 5.74) is 0.526. The Labute approximate surface area is 178 Å². The van der Waals surface area contributed by atoms with Gasteiger partial charge in [0.15, 0.2) is 6.61 Å². The van der Waals surface area contributed by atoms with E-state index in [2.05, 4.69) is 10.6 Å². The highest BCUT2D eigenvalue weighted by molar-refractivity contribution is 6.31. The Hall–Kier alpha value is -1.86. The molecule has 3 aliphatic rings. The standard InChI is InChI=1S/C21H21Cl2FN2O3/c22-14-3-1-2-13(6-14)8-25-19(28)20-10-21(11-20,12-20)26-18(27)9-29-15-4-5-16(23)17(24)7-15/h1-7,19,25,28H,8-12H2,(H,26,27). The molecule has 0 aromatic heterocycles. The van der Waals surface area contributed by atoms with Gasteiger partial charge in [0.1, 0.15) is 17.8 Å². The molecular formula is C21H21Cl2FN2O3. The van der Waals surface area contributed by atoms with Crippen molar-refractivity contribution in [1.29, 1.82) is 0 Å². The summed E-state index contributed by atoms with van der Waals surface area (Å²) in [7, 11) is 0. The maximum absolute atomic E-state index is 13.4. The molecule has 3 N–H and O–H groups in total. The number of rotatable bonds is 8. The lowest BCUT2D eigenvalue weighted by Gasteiger charge is -2.72. The first-order chi connectivity index (χ1) is 13.8. The van der Waals surface area contributed by atoms with E-state index in [9.17, 15) is 14.3 Å². The van der Waals surface area contributed by atoms with Gasteiger partial charge in [0.05, 0.1) is 5.02 Å². The third-order valence-electron chi connectivity index (χ3n) is 5.71. The van der Waals surface area contributed by atoms with Gasteiger partial charge >= 0.3 is 0 Å². The third-order valence-corrected chi connectivity index (χ3v) is 6.25. The van der Waals surface area contributed by atoms with E-state index in [0.717, 1.165) is 11.6 Å². The number of aliphatic hydroxyl groups excluding tert-OH is 1. The van der Waals surface area contributed by atoms with Crippen molar-refractivity contribution in [3.05, 3.63) is 63.9 Å². The van der Waals surface area contributed by atoms with E-state index in [1.54, 1.807) is 0 Å². The number of amides is 1. The van der Waals surface area contributed by atoms with Crippen LogP contribution in [0.1, 0.15) is 24.8 Å². The molecule has 3 aliphatic carbocycles. The number of hydrogen-bond donors (Lipinski definition) is 3. The van der Waals surface area contributed by atoms with E-state index in [-0.39, 0.29) is 34.2 Å². The summed E-state index contributed by atoms with van der Waals surface area (Å²) < 4.78 is 18.7. The molecule has 29 heavy (non-hydrogen) atoms. The van der Waals surface area contributed by atoms with E-state index in [1.165, 1.54) is 12.1 Å². The predicted octanol–water partition coefficient (Wildman–Crippen LogP) is 3.66. The molecule has 5 nitrogen and oxygen atoms in total. The molecule has 0 spiro atoms. The zero-order valence-electron chi connectivity index (χ0n) is 15.6. The minimum atomic E-state index is -0.645. The van der Waals surface area contributed by atoms with Gasteiger partial charge in [0.2, 0.25) is 0 Å². The fourth-order valence-corrected chi connectivity index (χ4v) is 4.74. The molecule has 2 bridgehead atoms. The van der Waals surface area contributed by atoms with Crippen LogP contribution in [-0.2, 0) is 11.3 Å². The van der Waals surface area contributed by atoms with Crippen LogP contribution in [0.3, 0.4) is 0 Å².